The summed E-state index contributed by atoms with van der Waals surface area (Å²) in [6, 6.07) is 19.9. The van der Waals surface area contributed by atoms with E-state index < -0.39 is 95.2 Å². The van der Waals surface area contributed by atoms with Gasteiger partial charge in [-0.1, -0.05) is 87.1 Å². The average Bonchev–Trinajstić information content (AvgIpc) is 3.27. The van der Waals surface area contributed by atoms with Crippen LogP contribution >= 0.6 is 0 Å². The predicted molar refractivity (Wildman–Crippen MR) is 228 cm³/mol. The van der Waals surface area contributed by atoms with Crippen molar-refractivity contribution in [1.82, 2.24) is 0 Å². The Balaban J connectivity index is 1.64. The van der Waals surface area contributed by atoms with Crippen LogP contribution in [0.25, 0.3) is 0 Å². The number of carbonyl (C=O) groups is 4. The monoisotopic (exact) mass is 922 g/mol. The van der Waals surface area contributed by atoms with Gasteiger partial charge in [-0.2, -0.15) is 16.8 Å². The van der Waals surface area contributed by atoms with Gasteiger partial charge in [0.25, 0.3) is 20.2 Å². The molecule has 0 radical (unpaired) electrons. The van der Waals surface area contributed by atoms with E-state index in [-0.39, 0.29) is 65.9 Å². The number of aliphatic hydroxyl groups is 2. The lowest BCUT2D eigenvalue weighted by molar-refractivity contribution is -0.262. The number of ether oxygens (including phenoxy) is 2. The minimum absolute atomic E-state index is 0.213. The standard InChI is InChI=1S/C46H50O16S2/c47-40(48)26-13-27-44(43(51)52,45(53,32-16-3-1-4-17-32)36-22-7-9-24-38(36)61-41(49)30-14-11-20-34(28-30)63(55,56)57)46(54,33-18-5-2-6-19-33)37-23-8-10-25-39(37)62-42(50)31-15-12-21-35(29-31)64(58,59)60/h7-12,14-15,20-25,28-29,32-33,53-54H,1-6,13,16-19,26-27H2,(H,47,48)(H,51,52)(H,55,56,57)(H,58,59,60). The van der Waals surface area contributed by atoms with Crippen LogP contribution in [-0.2, 0) is 41.0 Å². The van der Waals surface area contributed by atoms with E-state index in [1.807, 2.05) is 0 Å². The molecule has 2 aliphatic rings. The van der Waals surface area contributed by atoms with Crippen molar-refractivity contribution in [3.05, 3.63) is 119 Å². The van der Waals surface area contributed by atoms with Gasteiger partial charge in [-0.3, -0.25) is 18.7 Å². The number of rotatable bonds is 17. The summed E-state index contributed by atoms with van der Waals surface area (Å²) >= 11 is 0. The van der Waals surface area contributed by atoms with Crippen molar-refractivity contribution in [2.24, 2.45) is 17.3 Å². The highest BCUT2D eigenvalue weighted by atomic mass is 32.2. The number of carbonyl (C=O) groups excluding carboxylic acids is 2. The Morgan fingerprint density at radius 2 is 0.953 bits per heavy atom. The third kappa shape index (κ3) is 9.48. The van der Waals surface area contributed by atoms with E-state index in [0.717, 1.165) is 37.1 Å². The molecule has 0 aliphatic heterocycles. The molecule has 2 aliphatic carbocycles. The molecule has 4 aromatic carbocycles. The Kier molecular flexibility index (Phi) is 14.5. The second-order valence-electron chi connectivity index (χ2n) is 16.4. The van der Waals surface area contributed by atoms with Gasteiger partial charge < -0.3 is 29.9 Å². The SMILES string of the molecule is O=C(O)CCCC(C(=O)O)(C(O)(c1ccccc1OC(=O)c1cccc(S(=O)(=O)O)c1)C1CCCCC1)C(O)(c1ccccc1OC(=O)c1cccc(S(=O)(=O)O)c1)C1CCCCC1. The summed E-state index contributed by atoms with van der Waals surface area (Å²) < 4.78 is 79.1. The summed E-state index contributed by atoms with van der Waals surface area (Å²) in [5, 5.41) is 50.4. The fraction of sp³-hybridized carbons (Fsp3) is 0.391. The molecule has 16 nitrogen and oxygen atoms in total. The molecule has 2 atom stereocenters. The molecule has 342 valence electrons. The molecular weight excluding hydrogens is 873 g/mol. The summed E-state index contributed by atoms with van der Waals surface area (Å²) in [5.74, 6) is -8.00. The zero-order chi connectivity index (χ0) is 46.5. The zero-order valence-corrected chi connectivity index (χ0v) is 36.3. The van der Waals surface area contributed by atoms with Crippen LogP contribution in [0, 0.1) is 17.3 Å². The highest BCUT2D eigenvalue weighted by Gasteiger charge is 2.73. The van der Waals surface area contributed by atoms with Crippen molar-refractivity contribution in [3.63, 3.8) is 0 Å². The third-order valence-electron chi connectivity index (χ3n) is 12.7. The van der Waals surface area contributed by atoms with E-state index >= 15 is 0 Å². The number of aliphatic carboxylic acids is 2. The molecular formula is C46H50O16S2. The molecule has 64 heavy (non-hydrogen) atoms. The van der Waals surface area contributed by atoms with Crippen LogP contribution in [-0.4, -0.2) is 70.2 Å². The van der Waals surface area contributed by atoms with Gasteiger partial charge in [0, 0.05) is 17.5 Å². The van der Waals surface area contributed by atoms with Crippen LogP contribution in [0.5, 0.6) is 11.5 Å². The Labute approximate surface area is 370 Å². The minimum Gasteiger partial charge on any atom is -0.481 e. The second kappa shape index (κ2) is 19.3. The molecule has 2 unspecified atom stereocenters. The summed E-state index contributed by atoms with van der Waals surface area (Å²) in [6.07, 6.45) is 2.70. The second-order valence-corrected chi connectivity index (χ2v) is 19.3. The maximum absolute atomic E-state index is 15.0. The first-order valence-corrected chi connectivity index (χ1v) is 23.8. The summed E-state index contributed by atoms with van der Waals surface area (Å²) in [4.78, 5) is 53.7. The number of esters is 2. The van der Waals surface area contributed by atoms with E-state index in [2.05, 4.69) is 0 Å². The van der Waals surface area contributed by atoms with Crippen LogP contribution < -0.4 is 9.47 Å². The number of benzene rings is 4. The van der Waals surface area contributed by atoms with Crippen molar-refractivity contribution in [2.75, 3.05) is 0 Å². The first-order chi connectivity index (χ1) is 30.2. The van der Waals surface area contributed by atoms with Crippen molar-refractivity contribution in [3.8, 4) is 11.5 Å². The Hall–Kier alpha value is -5.50. The fourth-order valence-corrected chi connectivity index (χ4v) is 10.9. The maximum atomic E-state index is 15.0. The summed E-state index contributed by atoms with van der Waals surface area (Å²) in [5.41, 5.74) is -9.42. The molecule has 0 bridgehead atoms. The van der Waals surface area contributed by atoms with Gasteiger partial charge in [0.2, 0.25) is 0 Å². The summed E-state index contributed by atoms with van der Waals surface area (Å²) in [6.45, 7) is 0. The van der Waals surface area contributed by atoms with Gasteiger partial charge >= 0.3 is 23.9 Å². The zero-order valence-electron chi connectivity index (χ0n) is 34.7. The van der Waals surface area contributed by atoms with Gasteiger partial charge in [-0.05, 0) is 98.9 Å². The topological polar surface area (TPSA) is 276 Å². The van der Waals surface area contributed by atoms with Crippen LogP contribution in [0.2, 0.25) is 0 Å². The van der Waals surface area contributed by atoms with Crippen molar-refractivity contribution >= 4 is 44.1 Å². The van der Waals surface area contributed by atoms with Crippen LogP contribution in [0.4, 0.5) is 0 Å². The van der Waals surface area contributed by atoms with E-state index in [1.54, 1.807) is 0 Å². The van der Waals surface area contributed by atoms with Gasteiger partial charge in [0.1, 0.15) is 28.1 Å². The highest BCUT2D eigenvalue weighted by Crippen LogP contribution is 2.66. The number of hydrogen-bond acceptors (Lipinski definition) is 12. The van der Waals surface area contributed by atoms with Gasteiger partial charge in [-0.25, -0.2) is 9.59 Å². The largest absolute Gasteiger partial charge is 0.481 e. The number of carboxylic acid groups (broad SMARTS) is 2. The van der Waals surface area contributed by atoms with E-state index in [9.17, 15) is 65.5 Å². The lowest BCUT2D eigenvalue weighted by Gasteiger charge is -2.59. The summed E-state index contributed by atoms with van der Waals surface area (Å²) in [7, 11) is -9.52. The lowest BCUT2D eigenvalue weighted by atomic mass is 9.46. The van der Waals surface area contributed by atoms with Crippen molar-refractivity contribution in [2.45, 2.75) is 104 Å². The van der Waals surface area contributed by atoms with Gasteiger partial charge in [0.15, 0.2) is 0 Å². The molecule has 2 saturated carbocycles. The molecule has 0 heterocycles. The van der Waals surface area contributed by atoms with Crippen molar-refractivity contribution in [1.29, 1.82) is 0 Å². The van der Waals surface area contributed by atoms with E-state index in [4.69, 9.17) is 9.47 Å². The van der Waals surface area contributed by atoms with Crippen LogP contribution in [0.3, 0.4) is 0 Å². The quantitative estimate of drug-likeness (QED) is 0.0347. The molecule has 6 N–H and O–H groups in total. The molecule has 0 saturated heterocycles. The van der Waals surface area contributed by atoms with Gasteiger partial charge in [0.05, 0.1) is 20.9 Å². The molecule has 0 spiro atoms. The maximum Gasteiger partial charge on any atom is 0.343 e. The number of carboxylic acids is 2. The minimum atomic E-state index is -4.76. The lowest BCUT2D eigenvalue weighted by Crippen LogP contribution is -2.68. The molecule has 0 aromatic heterocycles. The van der Waals surface area contributed by atoms with Crippen LogP contribution in [0.15, 0.2) is 107 Å². The first kappa shape index (κ1) is 48.0. The van der Waals surface area contributed by atoms with E-state index in [1.165, 1.54) is 72.8 Å². The highest BCUT2D eigenvalue weighted by molar-refractivity contribution is 7.86. The third-order valence-corrected chi connectivity index (χ3v) is 14.4. The molecule has 4 aromatic rings. The number of para-hydroxylation sites is 2. The Bertz CT molecular complexity index is 2450. The Morgan fingerprint density at radius 1 is 0.562 bits per heavy atom. The number of hydrogen-bond donors (Lipinski definition) is 6. The molecule has 0 amide bonds. The molecule has 6 rings (SSSR count). The molecule has 2 fully saturated rings. The smallest absolute Gasteiger partial charge is 0.343 e. The van der Waals surface area contributed by atoms with E-state index in [0.29, 0.717) is 25.7 Å². The van der Waals surface area contributed by atoms with Crippen molar-refractivity contribution < 1.29 is 75.0 Å². The van der Waals surface area contributed by atoms with Gasteiger partial charge in [-0.15, -0.1) is 0 Å². The molecule has 18 heteroatoms. The average molecular weight is 923 g/mol. The Morgan fingerprint density at radius 3 is 1.31 bits per heavy atom. The normalized spacial score (nSPS) is 18.1. The first-order valence-electron chi connectivity index (χ1n) is 20.9. The predicted octanol–water partition coefficient (Wildman–Crippen LogP) is 7.18. The van der Waals surface area contributed by atoms with Crippen LogP contribution in [0.1, 0.15) is 115 Å². The fourth-order valence-electron chi connectivity index (χ4n) is 9.87.